The summed E-state index contributed by atoms with van der Waals surface area (Å²) in [6.45, 7) is 2.39. The van der Waals surface area contributed by atoms with Crippen LogP contribution in [0.3, 0.4) is 0 Å². The Balaban J connectivity index is 1.93. The standard InChI is InChI=1S/C21H21NO3/c1-15-11-18(12-17-9-10-19(24-2)20(13-17)25-3)22(21(15)23)14-16-7-5-4-6-8-16/h4-13H,14H2,1-3H3/b18-12+. The second-order valence-corrected chi connectivity index (χ2v) is 5.89. The molecular formula is C21H21NO3. The largest absolute Gasteiger partial charge is 0.493 e. The Hall–Kier alpha value is -3.01. The van der Waals surface area contributed by atoms with Crippen molar-refractivity contribution in [3.8, 4) is 11.5 Å². The van der Waals surface area contributed by atoms with Gasteiger partial charge in [0.25, 0.3) is 5.91 Å². The maximum Gasteiger partial charge on any atom is 0.254 e. The average Bonchev–Trinajstić information content (AvgIpc) is 2.90. The van der Waals surface area contributed by atoms with Crippen LogP contribution in [0.25, 0.3) is 6.08 Å². The first-order valence-corrected chi connectivity index (χ1v) is 8.10. The number of allylic oxidation sites excluding steroid dienone is 1. The van der Waals surface area contributed by atoms with Gasteiger partial charge in [-0.3, -0.25) is 4.79 Å². The molecule has 128 valence electrons. The molecule has 0 unspecified atom stereocenters. The minimum atomic E-state index is 0.0376. The van der Waals surface area contributed by atoms with Crippen LogP contribution in [-0.2, 0) is 11.3 Å². The van der Waals surface area contributed by atoms with Gasteiger partial charge in [-0.15, -0.1) is 0 Å². The lowest BCUT2D eigenvalue weighted by atomic mass is 10.1. The van der Waals surface area contributed by atoms with Crippen molar-refractivity contribution >= 4 is 12.0 Å². The van der Waals surface area contributed by atoms with Gasteiger partial charge in [0.1, 0.15) is 0 Å². The third-order valence-electron chi connectivity index (χ3n) is 4.16. The molecule has 0 N–H and O–H groups in total. The summed E-state index contributed by atoms with van der Waals surface area (Å²) in [7, 11) is 3.22. The van der Waals surface area contributed by atoms with Crippen molar-refractivity contribution in [2.75, 3.05) is 14.2 Å². The van der Waals surface area contributed by atoms with E-state index in [0.29, 0.717) is 18.0 Å². The van der Waals surface area contributed by atoms with Gasteiger partial charge in [0.2, 0.25) is 0 Å². The fourth-order valence-electron chi connectivity index (χ4n) is 2.85. The predicted octanol–water partition coefficient (Wildman–Crippen LogP) is 4.03. The summed E-state index contributed by atoms with van der Waals surface area (Å²) in [4.78, 5) is 14.3. The SMILES string of the molecule is COc1ccc(/C=C2\C=C(C)C(=O)N2Cc2ccccc2)cc1OC. The second kappa shape index (κ2) is 7.26. The summed E-state index contributed by atoms with van der Waals surface area (Å²) in [5.74, 6) is 1.38. The fourth-order valence-corrected chi connectivity index (χ4v) is 2.85. The highest BCUT2D eigenvalue weighted by Crippen LogP contribution is 2.30. The van der Waals surface area contributed by atoms with Crippen molar-refractivity contribution in [2.45, 2.75) is 13.5 Å². The molecule has 0 saturated heterocycles. The van der Waals surface area contributed by atoms with E-state index in [1.54, 1.807) is 19.1 Å². The zero-order valence-corrected chi connectivity index (χ0v) is 14.7. The van der Waals surface area contributed by atoms with Crippen LogP contribution in [0.1, 0.15) is 18.1 Å². The lowest BCUT2D eigenvalue weighted by molar-refractivity contribution is -0.124. The minimum Gasteiger partial charge on any atom is -0.493 e. The minimum absolute atomic E-state index is 0.0376. The maximum atomic E-state index is 12.5. The molecule has 3 rings (SSSR count). The van der Waals surface area contributed by atoms with Gasteiger partial charge in [0.15, 0.2) is 11.5 Å². The van der Waals surface area contributed by atoms with Crippen molar-refractivity contribution in [3.05, 3.63) is 77.0 Å². The molecular weight excluding hydrogens is 314 g/mol. The first kappa shape index (κ1) is 16.8. The van der Waals surface area contributed by atoms with E-state index in [9.17, 15) is 4.79 Å². The Bertz CT molecular complexity index is 837. The third kappa shape index (κ3) is 3.58. The number of amides is 1. The molecule has 0 radical (unpaired) electrons. The molecule has 0 fully saturated rings. The van der Waals surface area contributed by atoms with Crippen LogP contribution in [0.4, 0.5) is 0 Å². The molecule has 0 saturated carbocycles. The molecule has 2 aromatic carbocycles. The van der Waals surface area contributed by atoms with E-state index in [-0.39, 0.29) is 5.91 Å². The average molecular weight is 335 g/mol. The van der Waals surface area contributed by atoms with E-state index >= 15 is 0 Å². The third-order valence-corrected chi connectivity index (χ3v) is 4.16. The maximum absolute atomic E-state index is 12.5. The normalized spacial score (nSPS) is 15.5. The fraction of sp³-hybridized carbons (Fsp3) is 0.190. The molecule has 0 aliphatic carbocycles. The van der Waals surface area contributed by atoms with Gasteiger partial charge in [-0.25, -0.2) is 0 Å². The van der Waals surface area contributed by atoms with E-state index in [0.717, 1.165) is 22.4 Å². The van der Waals surface area contributed by atoms with E-state index < -0.39 is 0 Å². The first-order valence-electron chi connectivity index (χ1n) is 8.10. The van der Waals surface area contributed by atoms with Crippen molar-refractivity contribution in [2.24, 2.45) is 0 Å². The van der Waals surface area contributed by atoms with Crippen LogP contribution in [0.15, 0.2) is 65.9 Å². The summed E-state index contributed by atoms with van der Waals surface area (Å²) in [5, 5.41) is 0. The molecule has 1 heterocycles. The van der Waals surface area contributed by atoms with Crippen molar-refractivity contribution < 1.29 is 14.3 Å². The molecule has 2 aromatic rings. The molecule has 0 bridgehead atoms. The van der Waals surface area contributed by atoms with Crippen LogP contribution in [0.5, 0.6) is 11.5 Å². The number of ether oxygens (including phenoxy) is 2. The number of rotatable bonds is 5. The first-order chi connectivity index (χ1) is 12.1. The summed E-state index contributed by atoms with van der Waals surface area (Å²) in [5.41, 5.74) is 3.66. The molecule has 1 aliphatic heterocycles. The van der Waals surface area contributed by atoms with Crippen LogP contribution in [-0.4, -0.2) is 25.0 Å². The zero-order chi connectivity index (χ0) is 17.8. The Morgan fingerprint density at radius 1 is 1.00 bits per heavy atom. The molecule has 0 atom stereocenters. The smallest absolute Gasteiger partial charge is 0.254 e. The highest BCUT2D eigenvalue weighted by atomic mass is 16.5. The quantitative estimate of drug-likeness (QED) is 0.828. The van der Waals surface area contributed by atoms with Gasteiger partial charge in [0.05, 0.1) is 20.8 Å². The van der Waals surface area contributed by atoms with Gasteiger partial charge >= 0.3 is 0 Å². The molecule has 25 heavy (non-hydrogen) atoms. The van der Waals surface area contributed by atoms with Crippen molar-refractivity contribution in [1.29, 1.82) is 0 Å². The lowest BCUT2D eigenvalue weighted by Crippen LogP contribution is -2.24. The van der Waals surface area contributed by atoms with E-state index in [4.69, 9.17) is 9.47 Å². The number of carbonyl (C=O) groups excluding carboxylic acids is 1. The highest BCUT2D eigenvalue weighted by molar-refractivity contribution is 5.99. The number of carbonyl (C=O) groups is 1. The van der Waals surface area contributed by atoms with Crippen LogP contribution < -0.4 is 9.47 Å². The number of hydrogen-bond donors (Lipinski definition) is 0. The Labute approximate surface area is 148 Å². The van der Waals surface area contributed by atoms with Gasteiger partial charge in [0, 0.05) is 11.3 Å². The number of nitrogens with zero attached hydrogens (tertiary/aromatic N) is 1. The van der Waals surface area contributed by atoms with Crippen molar-refractivity contribution in [3.63, 3.8) is 0 Å². The van der Waals surface area contributed by atoms with E-state index in [1.165, 1.54) is 0 Å². The predicted molar refractivity (Wildman–Crippen MR) is 98.3 cm³/mol. The highest BCUT2D eigenvalue weighted by Gasteiger charge is 2.25. The Kier molecular flexibility index (Phi) is 4.89. The van der Waals surface area contributed by atoms with Crippen LogP contribution in [0.2, 0.25) is 0 Å². The van der Waals surface area contributed by atoms with Crippen LogP contribution >= 0.6 is 0 Å². The lowest BCUT2D eigenvalue weighted by Gasteiger charge is -2.19. The summed E-state index contributed by atoms with van der Waals surface area (Å²) in [6.07, 6.45) is 3.90. The second-order valence-electron chi connectivity index (χ2n) is 5.89. The summed E-state index contributed by atoms with van der Waals surface area (Å²) in [6, 6.07) is 15.7. The van der Waals surface area contributed by atoms with Gasteiger partial charge in [-0.2, -0.15) is 0 Å². The summed E-state index contributed by atoms with van der Waals surface area (Å²) < 4.78 is 10.6. The molecule has 4 nitrogen and oxygen atoms in total. The summed E-state index contributed by atoms with van der Waals surface area (Å²) >= 11 is 0. The van der Waals surface area contributed by atoms with E-state index in [2.05, 4.69) is 0 Å². The zero-order valence-electron chi connectivity index (χ0n) is 14.7. The number of benzene rings is 2. The van der Waals surface area contributed by atoms with Crippen LogP contribution in [0, 0.1) is 0 Å². The molecule has 0 aromatic heterocycles. The molecule has 1 aliphatic rings. The Morgan fingerprint density at radius 3 is 2.40 bits per heavy atom. The number of hydrogen-bond acceptors (Lipinski definition) is 3. The number of methoxy groups -OCH3 is 2. The van der Waals surface area contributed by atoms with Gasteiger partial charge < -0.3 is 14.4 Å². The van der Waals surface area contributed by atoms with Crippen molar-refractivity contribution in [1.82, 2.24) is 4.90 Å². The van der Waals surface area contributed by atoms with Gasteiger partial charge in [-0.05, 0) is 42.3 Å². The molecule has 1 amide bonds. The molecule has 4 heteroatoms. The monoisotopic (exact) mass is 335 g/mol. The van der Waals surface area contributed by atoms with Gasteiger partial charge in [-0.1, -0.05) is 36.4 Å². The topological polar surface area (TPSA) is 38.8 Å². The Morgan fingerprint density at radius 2 is 1.72 bits per heavy atom. The molecule has 0 spiro atoms. The van der Waals surface area contributed by atoms with E-state index in [1.807, 2.05) is 67.6 Å².